The molecule has 1 aliphatic heterocycles. The monoisotopic (exact) mass is 498 g/mol. The molecule has 4 N–H and O–H groups in total. The standard InChI is InChI=1S/C19H29N3O3.C8H9NO2/c1-2-3-14-25-19(24)9-5-8-18(23)22-12-10-21(11-13-22)17-7-4-6-16(20)15-17;9-8(10)11-6-7-4-2-1-3-5-7/h4,6-7,15H,2-3,5,8-14,20H2,1H3;1-5H,6H2,(H2,9,10). The summed E-state index contributed by atoms with van der Waals surface area (Å²) in [6, 6.07) is 17.2. The van der Waals surface area contributed by atoms with Crippen molar-refractivity contribution < 1.29 is 23.9 Å². The van der Waals surface area contributed by atoms with E-state index in [-0.39, 0.29) is 18.5 Å². The Bertz CT molecular complexity index is 946. The summed E-state index contributed by atoms with van der Waals surface area (Å²) in [5.41, 5.74) is 13.4. The molecule has 2 amide bonds. The van der Waals surface area contributed by atoms with Crippen molar-refractivity contribution in [1.29, 1.82) is 0 Å². The van der Waals surface area contributed by atoms with Crippen LogP contribution in [0.3, 0.4) is 0 Å². The number of amides is 2. The fraction of sp³-hybridized carbons (Fsp3) is 0.444. The van der Waals surface area contributed by atoms with Gasteiger partial charge in [0, 0.05) is 50.4 Å². The van der Waals surface area contributed by atoms with Crippen LogP contribution in [-0.4, -0.2) is 55.7 Å². The second kappa shape index (κ2) is 16.0. The number of primary amides is 1. The second-order valence-electron chi connectivity index (χ2n) is 8.48. The third-order valence-electron chi connectivity index (χ3n) is 5.62. The van der Waals surface area contributed by atoms with Gasteiger partial charge in [0.05, 0.1) is 6.61 Å². The highest BCUT2D eigenvalue weighted by atomic mass is 16.5. The molecule has 0 radical (unpaired) electrons. The number of nitrogens with two attached hydrogens (primary N) is 2. The number of nitrogen functional groups attached to an aromatic ring is 1. The van der Waals surface area contributed by atoms with Crippen molar-refractivity contribution in [2.75, 3.05) is 43.4 Å². The van der Waals surface area contributed by atoms with Crippen molar-refractivity contribution in [3.63, 3.8) is 0 Å². The third kappa shape index (κ3) is 11.1. The number of ether oxygens (including phenoxy) is 2. The molecule has 2 aromatic carbocycles. The van der Waals surface area contributed by atoms with Gasteiger partial charge in [-0.25, -0.2) is 4.79 Å². The fourth-order valence-corrected chi connectivity index (χ4v) is 3.61. The highest BCUT2D eigenvalue weighted by Crippen LogP contribution is 2.19. The van der Waals surface area contributed by atoms with Crippen LogP contribution in [0.15, 0.2) is 54.6 Å². The van der Waals surface area contributed by atoms with Crippen LogP contribution in [0.2, 0.25) is 0 Å². The SMILES string of the molecule is CCCCOC(=O)CCCC(=O)N1CCN(c2cccc(N)c2)CC1.NC(=O)OCc1ccccc1. The maximum absolute atomic E-state index is 12.3. The number of unbranched alkanes of at least 4 members (excludes halogenated alkanes) is 1. The van der Waals surface area contributed by atoms with Crippen LogP contribution < -0.4 is 16.4 Å². The van der Waals surface area contributed by atoms with E-state index >= 15 is 0 Å². The van der Waals surface area contributed by atoms with Gasteiger partial charge in [-0.05, 0) is 36.6 Å². The molecule has 0 aromatic heterocycles. The quantitative estimate of drug-likeness (QED) is 0.290. The van der Waals surface area contributed by atoms with Crippen LogP contribution in [-0.2, 0) is 25.7 Å². The number of rotatable bonds is 10. The Kier molecular flexibility index (Phi) is 12.7. The number of hydrogen-bond acceptors (Lipinski definition) is 7. The van der Waals surface area contributed by atoms with E-state index in [1.165, 1.54) is 0 Å². The molecule has 0 spiro atoms. The summed E-state index contributed by atoms with van der Waals surface area (Å²) in [6.07, 6.45) is 2.43. The molecule has 0 atom stereocenters. The Morgan fingerprint density at radius 1 is 0.889 bits per heavy atom. The van der Waals surface area contributed by atoms with Crippen LogP contribution in [0.5, 0.6) is 0 Å². The molecule has 2 aromatic rings. The van der Waals surface area contributed by atoms with E-state index in [0.29, 0.717) is 39.0 Å². The van der Waals surface area contributed by atoms with Crippen LogP contribution >= 0.6 is 0 Å². The number of benzene rings is 2. The first-order chi connectivity index (χ1) is 17.4. The molecule has 9 nitrogen and oxygen atoms in total. The van der Waals surface area contributed by atoms with Gasteiger partial charge in [0.2, 0.25) is 5.91 Å². The van der Waals surface area contributed by atoms with Gasteiger partial charge < -0.3 is 30.7 Å². The first-order valence-electron chi connectivity index (χ1n) is 12.4. The lowest BCUT2D eigenvalue weighted by Gasteiger charge is -2.36. The lowest BCUT2D eigenvalue weighted by molar-refractivity contribution is -0.144. The van der Waals surface area contributed by atoms with E-state index in [1.54, 1.807) is 0 Å². The van der Waals surface area contributed by atoms with Crippen LogP contribution in [0.4, 0.5) is 16.2 Å². The number of anilines is 2. The maximum atomic E-state index is 12.3. The van der Waals surface area contributed by atoms with Gasteiger partial charge in [-0.2, -0.15) is 0 Å². The van der Waals surface area contributed by atoms with E-state index in [9.17, 15) is 14.4 Å². The first-order valence-corrected chi connectivity index (χ1v) is 12.4. The van der Waals surface area contributed by atoms with E-state index < -0.39 is 6.09 Å². The highest BCUT2D eigenvalue weighted by Gasteiger charge is 2.21. The zero-order chi connectivity index (χ0) is 26.2. The molecular weight excluding hydrogens is 460 g/mol. The number of piperazine rings is 1. The molecule has 0 bridgehead atoms. The Balaban J connectivity index is 0.000000346. The fourth-order valence-electron chi connectivity index (χ4n) is 3.61. The molecule has 1 fully saturated rings. The van der Waals surface area contributed by atoms with Crippen LogP contribution in [0.1, 0.15) is 44.6 Å². The molecule has 0 saturated carbocycles. The topological polar surface area (TPSA) is 128 Å². The molecule has 196 valence electrons. The van der Waals surface area contributed by atoms with Crippen molar-refractivity contribution in [3.05, 3.63) is 60.2 Å². The third-order valence-corrected chi connectivity index (χ3v) is 5.62. The summed E-state index contributed by atoms with van der Waals surface area (Å²) in [7, 11) is 0. The molecule has 36 heavy (non-hydrogen) atoms. The van der Waals surface area contributed by atoms with Gasteiger partial charge in [0.1, 0.15) is 6.61 Å². The Morgan fingerprint density at radius 2 is 1.61 bits per heavy atom. The molecule has 9 heteroatoms. The molecule has 1 saturated heterocycles. The number of esters is 1. The van der Waals surface area contributed by atoms with Crippen LogP contribution in [0, 0.1) is 0 Å². The highest BCUT2D eigenvalue weighted by molar-refractivity contribution is 5.77. The van der Waals surface area contributed by atoms with Crippen LogP contribution in [0.25, 0.3) is 0 Å². The van der Waals surface area contributed by atoms with Crippen molar-refractivity contribution in [2.24, 2.45) is 5.73 Å². The van der Waals surface area contributed by atoms with Gasteiger partial charge in [0.15, 0.2) is 0 Å². The summed E-state index contributed by atoms with van der Waals surface area (Å²) in [5.74, 6) is -0.0821. The molecule has 0 aliphatic carbocycles. The van der Waals surface area contributed by atoms with E-state index in [1.807, 2.05) is 59.5 Å². The average Bonchev–Trinajstić information content (AvgIpc) is 2.89. The molecular formula is C27H38N4O5. The molecule has 3 rings (SSSR count). The van der Waals surface area contributed by atoms with Gasteiger partial charge in [-0.1, -0.05) is 49.7 Å². The van der Waals surface area contributed by atoms with Crippen molar-refractivity contribution in [2.45, 2.75) is 45.6 Å². The first kappa shape index (κ1) is 28.5. The zero-order valence-electron chi connectivity index (χ0n) is 21.1. The number of nitrogens with zero attached hydrogens (tertiary/aromatic N) is 2. The largest absolute Gasteiger partial charge is 0.466 e. The lowest BCUT2D eigenvalue weighted by atomic mass is 10.2. The minimum atomic E-state index is -0.742. The normalized spacial score (nSPS) is 12.8. The lowest BCUT2D eigenvalue weighted by Crippen LogP contribution is -2.48. The summed E-state index contributed by atoms with van der Waals surface area (Å²) < 4.78 is 9.67. The van der Waals surface area contributed by atoms with Gasteiger partial charge in [-0.3, -0.25) is 9.59 Å². The van der Waals surface area contributed by atoms with Gasteiger partial charge in [-0.15, -0.1) is 0 Å². The van der Waals surface area contributed by atoms with Gasteiger partial charge >= 0.3 is 12.1 Å². The smallest absolute Gasteiger partial charge is 0.404 e. The number of carbonyl (C=O) groups excluding carboxylic acids is 3. The van der Waals surface area contributed by atoms with Crippen molar-refractivity contribution in [1.82, 2.24) is 4.90 Å². The minimum Gasteiger partial charge on any atom is -0.466 e. The predicted molar refractivity (Wildman–Crippen MR) is 140 cm³/mol. The van der Waals surface area contributed by atoms with Gasteiger partial charge in [0.25, 0.3) is 0 Å². The average molecular weight is 499 g/mol. The molecule has 0 unspecified atom stereocenters. The van der Waals surface area contributed by atoms with E-state index in [4.69, 9.17) is 16.2 Å². The number of carbonyl (C=O) groups is 3. The Morgan fingerprint density at radius 3 is 2.25 bits per heavy atom. The Hall–Kier alpha value is -3.75. The second-order valence-corrected chi connectivity index (χ2v) is 8.48. The predicted octanol–water partition coefficient (Wildman–Crippen LogP) is 3.71. The van der Waals surface area contributed by atoms with Crippen molar-refractivity contribution in [3.8, 4) is 0 Å². The summed E-state index contributed by atoms with van der Waals surface area (Å²) in [6.45, 7) is 5.79. The summed E-state index contributed by atoms with van der Waals surface area (Å²) >= 11 is 0. The summed E-state index contributed by atoms with van der Waals surface area (Å²) in [4.78, 5) is 38.1. The molecule has 1 aliphatic rings. The van der Waals surface area contributed by atoms with Crippen molar-refractivity contribution >= 4 is 29.3 Å². The zero-order valence-corrected chi connectivity index (χ0v) is 21.1. The van der Waals surface area contributed by atoms with E-state index in [2.05, 4.69) is 16.6 Å². The summed E-state index contributed by atoms with van der Waals surface area (Å²) in [5, 5.41) is 0. The maximum Gasteiger partial charge on any atom is 0.404 e. The minimum absolute atomic E-state index is 0.119. The number of hydrogen-bond donors (Lipinski definition) is 2. The Labute approximate surface area is 213 Å². The molecule has 1 heterocycles. The van der Waals surface area contributed by atoms with E-state index in [0.717, 1.165) is 42.9 Å².